The molecule has 0 aliphatic heterocycles. The third-order valence-corrected chi connectivity index (χ3v) is 3.16. The summed E-state index contributed by atoms with van der Waals surface area (Å²) in [5.74, 6) is -1.53. The Kier molecular flexibility index (Phi) is 3.63. The lowest BCUT2D eigenvalue weighted by molar-refractivity contribution is 0.180. The number of aromatic nitrogens is 2. The van der Waals surface area contributed by atoms with Crippen molar-refractivity contribution < 1.29 is 13.5 Å². The molecule has 0 atom stereocenters. The first-order valence-corrected chi connectivity index (χ1v) is 5.77. The number of nitrogens with zero attached hydrogens (tertiary/aromatic N) is 1. The first-order valence-electron chi connectivity index (χ1n) is 4.98. The van der Waals surface area contributed by atoms with Crippen molar-refractivity contribution in [2.75, 3.05) is 7.11 Å². The largest absolute Gasteiger partial charge is 0.378 e. The highest BCUT2D eigenvalue weighted by Gasteiger charge is 2.15. The summed E-state index contributed by atoms with van der Waals surface area (Å²) in [6.45, 7) is 0.172. The van der Waals surface area contributed by atoms with E-state index in [9.17, 15) is 13.6 Å². The fraction of sp³-hybridized carbons (Fsp3) is 0.182. The number of halogens is 3. The van der Waals surface area contributed by atoms with Crippen molar-refractivity contribution in [3.63, 3.8) is 0 Å². The van der Waals surface area contributed by atoms with E-state index in [4.69, 9.17) is 4.74 Å². The third-order valence-electron chi connectivity index (χ3n) is 2.34. The van der Waals surface area contributed by atoms with Crippen molar-refractivity contribution in [1.29, 1.82) is 0 Å². The van der Waals surface area contributed by atoms with Crippen LogP contribution in [-0.2, 0) is 11.3 Å². The highest BCUT2D eigenvalue weighted by molar-refractivity contribution is 9.10. The first kappa shape index (κ1) is 13.0. The summed E-state index contributed by atoms with van der Waals surface area (Å²) in [5.41, 5.74) is -0.0387. The molecule has 96 valence electrons. The van der Waals surface area contributed by atoms with Crippen LogP contribution in [0.2, 0.25) is 0 Å². The van der Waals surface area contributed by atoms with Crippen LogP contribution in [0.1, 0.15) is 5.69 Å². The van der Waals surface area contributed by atoms with Crippen LogP contribution in [0.15, 0.2) is 27.5 Å². The molecule has 7 heteroatoms. The van der Waals surface area contributed by atoms with Gasteiger partial charge in [0.15, 0.2) is 5.82 Å². The molecule has 0 aliphatic rings. The zero-order valence-corrected chi connectivity index (χ0v) is 10.9. The summed E-state index contributed by atoms with van der Waals surface area (Å²) in [6, 6.07) is 2.98. The highest BCUT2D eigenvalue weighted by atomic mass is 79.9. The lowest BCUT2D eigenvalue weighted by Crippen LogP contribution is -2.16. The Morgan fingerprint density at radius 3 is 2.78 bits per heavy atom. The molecule has 0 aliphatic carbocycles. The summed E-state index contributed by atoms with van der Waals surface area (Å²) < 4.78 is 32.5. The van der Waals surface area contributed by atoms with Gasteiger partial charge in [0.05, 0.1) is 12.3 Å². The maximum atomic E-state index is 13.6. The van der Waals surface area contributed by atoms with E-state index in [1.807, 2.05) is 0 Å². The molecule has 1 aromatic heterocycles. The number of H-pyrrole nitrogens is 1. The molecule has 2 aromatic rings. The van der Waals surface area contributed by atoms with Gasteiger partial charge in [-0.3, -0.25) is 9.89 Å². The number of methoxy groups -OCH3 is 1. The summed E-state index contributed by atoms with van der Waals surface area (Å²) in [7, 11) is 1.47. The minimum absolute atomic E-state index is 0.0514. The van der Waals surface area contributed by atoms with Crippen molar-refractivity contribution in [3.05, 3.63) is 50.4 Å². The van der Waals surface area contributed by atoms with Gasteiger partial charge in [0, 0.05) is 13.2 Å². The minimum atomic E-state index is -0.824. The number of rotatable bonds is 3. The van der Waals surface area contributed by atoms with E-state index >= 15 is 0 Å². The average molecular weight is 319 g/mol. The van der Waals surface area contributed by atoms with Gasteiger partial charge in [0.25, 0.3) is 5.56 Å². The Bertz CT molecular complexity index is 636. The van der Waals surface area contributed by atoms with Gasteiger partial charge < -0.3 is 4.74 Å². The monoisotopic (exact) mass is 318 g/mol. The Morgan fingerprint density at radius 1 is 1.44 bits per heavy atom. The second kappa shape index (κ2) is 5.03. The van der Waals surface area contributed by atoms with E-state index in [-0.39, 0.29) is 16.8 Å². The molecule has 0 amide bonds. The molecule has 1 N–H and O–H groups in total. The van der Waals surface area contributed by atoms with E-state index in [1.54, 1.807) is 0 Å². The van der Waals surface area contributed by atoms with E-state index in [2.05, 4.69) is 21.0 Å². The van der Waals surface area contributed by atoms with Gasteiger partial charge >= 0.3 is 0 Å². The molecule has 2 rings (SSSR count). The number of ether oxygens (including phenoxy) is 1. The van der Waals surface area contributed by atoms with Gasteiger partial charge in [-0.05, 0) is 28.1 Å². The molecule has 0 saturated heterocycles. The summed E-state index contributed by atoms with van der Waals surface area (Å²) >= 11 is 3.10. The summed E-state index contributed by atoms with van der Waals surface area (Å²) in [5, 5.41) is 2.70. The maximum Gasteiger partial charge on any atom is 0.285 e. The molecule has 0 fully saturated rings. The lowest BCUT2D eigenvalue weighted by atomic mass is 10.3. The van der Waals surface area contributed by atoms with Gasteiger partial charge in [-0.15, -0.1) is 0 Å². The molecule has 1 aromatic carbocycles. The second-order valence-electron chi connectivity index (χ2n) is 3.57. The predicted molar refractivity (Wildman–Crippen MR) is 64.7 cm³/mol. The fourth-order valence-electron chi connectivity index (χ4n) is 1.53. The second-order valence-corrected chi connectivity index (χ2v) is 4.37. The van der Waals surface area contributed by atoms with Crippen molar-refractivity contribution in [3.8, 4) is 5.69 Å². The molecule has 0 radical (unpaired) electrons. The fourth-order valence-corrected chi connectivity index (χ4v) is 1.91. The molecule has 0 unspecified atom stereocenters. The van der Waals surface area contributed by atoms with Gasteiger partial charge in [0.2, 0.25) is 0 Å². The number of hydrogen-bond acceptors (Lipinski definition) is 2. The standard InChI is InChI=1S/C11H9BrF2N2O2/c1-18-5-8-10(12)11(17)16(15-8)9-3-2-6(13)4-7(9)14/h2-4,15H,5H2,1H3. The third kappa shape index (κ3) is 2.23. The highest BCUT2D eigenvalue weighted by Crippen LogP contribution is 2.16. The quantitative estimate of drug-likeness (QED) is 0.944. The van der Waals surface area contributed by atoms with E-state index < -0.39 is 17.2 Å². The SMILES string of the molecule is COCc1[nH]n(-c2ccc(F)cc2F)c(=O)c1Br. The van der Waals surface area contributed by atoms with Crippen molar-refractivity contribution in [2.24, 2.45) is 0 Å². The average Bonchev–Trinajstić information content (AvgIpc) is 2.58. The number of benzene rings is 1. The smallest absolute Gasteiger partial charge is 0.285 e. The van der Waals surface area contributed by atoms with Gasteiger partial charge in [-0.2, -0.15) is 0 Å². The zero-order chi connectivity index (χ0) is 13.3. The zero-order valence-electron chi connectivity index (χ0n) is 9.34. The van der Waals surface area contributed by atoms with Gasteiger partial charge in [-0.1, -0.05) is 0 Å². The minimum Gasteiger partial charge on any atom is -0.378 e. The predicted octanol–water partition coefficient (Wildman–Crippen LogP) is 2.35. The normalized spacial score (nSPS) is 10.9. The first-order chi connectivity index (χ1) is 8.54. The summed E-state index contributed by atoms with van der Waals surface area (Å²) in [4.78, 5) is 11.9. The van der Waals surface area contributed by atoms with Crippen LogP contribution in [0.5, 0.6) is 0 Å². The Hall–Kier alpha value is -1.47. The van der Waals surface area contributed by atoms with E-state index in [1.165, 1.54) is 13.2 Å². The van der Waals surface area contributed by atoms with Crippen LogP contribution in [0.25, 0.3) is 5.69 Å². The van der Waals surface area contributed by atoms with Crippen LogP contribution >= 0.6 is 15.9 Å². The molecular formula is C11H9BrF2N2O2. The number of aromatic amines is 1. The van der Waals surface area contributed by atoms with Crippen LogP contribution < -0.4 is 5.56 Å². The van der Waals surface area contributed by atoms with Crippen molar-refractivity contribution in [1.82, 2.24) is 9.78 Å². The van der Waals surface area contributed by atoms with Gasteiger partial charge in [-0.25, -0.2) is 13.5 Å². The molecule has 18 heavy (non-hydrogen) atoms. The number of nitrogens with one attached hydrogen (secondary N) is 1. The van der Waals surface area contributed by atoms with Crippen LogP contribution in [0.4, 0.5) is 8.78 Å². The molecule has 1 heterocycles. The Balaban J connectivity index is 2.57. The Labute approximate surface area is 109 Å². The van der Waals surface area contributed by atoms with E-state index in [0.717, 1.165) is 10.7 Å². The maximum absolute atomic E-state index is 13.6. The summed E-state index contributed by atoms with van der Waals surface area (Å²) in [6.07, 6.45) is 0. The molecular weight excluding hydrogens is 310 g/mol. The number of hydrogen-bond donors (Lipinski definition) is 1. The molecule has 4 nitrogen and oxygen atoms in total. The van der Waals surface area contributed by atoms with Crippen LogP contribution in [0.3, 0.4) is 0 Å². The Morgan fingerprint density at radius 2 is 2.17 bits per heavy atom. The topological polar surface area (TPSA) is 47.0 Å². The van der Waals surface area contributed by atoms with Crippen LogP contribution in [0, 0.1) is 11.6 Å². The van der Waals surface area contributed by atoms with Crippen molar-refractivity contribution in [2.45, 2.75) is 6.61 Å². The van der Waals surface area contributed by atoms with Crippen LogP contribution in [-0.4, -0.2) is 16.9 Å². The van der Waals surface area contributed by atoms with Crippen molar-refractivity contribution >= 4 is 15.9 Å². The molecule has 0 bridgehead atoms. The lowest BCUT2D eigenvalue weighted by Gasteiger charge is -2.03. The van der Waals surface area contributed by atoms with E-state index in [0.29, 0.717) is 11.8 Å². The van der Waals surface area contributed by atoms with Gasteiger partial charge in [0.1, 0.15) is 16.0 Å². The molecule has 0 saturated carbocycles. The molecule has 0 spiro atoms.